The number of carbonyl (C=O) groups excluding carboxylic acids is 1. The summed E-state index contributed by atoms with van der Waals surface area (Å²) in [5.41, 5.74) is 0. The van der Waals surface area contributed by atoms with Crippen LogP contribution in [-0.2, 0) is 18.4 Å². The second kappa shape index (κ2) is 48.2. The lowest BCUT2D eigenvalue weighted by molar-refractivity contribution is -0.870. The lowest BCUT2D eigenvalue weighted by Gasteiger charge is -2.25. The maximum atomic E-state index is 12.9. The van der Waals surface area contributed by atoms with E-state index in [1.807, 2.05) is 27.2 Å². The van der Waals surface area contributed by atoms with Crippen molar-refractivity contribution in [3.05, 3.63) is 60.8 Å². The van der Waals surface area contributed by atoms with Gasteiger partial charge in [-0.1, -0.05) is 229 Å². The SMILES string of the molecule is CCCCCCC/C=C\C/C=C\C/C=C\CCCCCCCCCCCCCCCCCCCCC(=O)NC(COP(=O)(O)OCC[N+](C)(C)C)C(O)/C=C/CC/C=C/CCCCCCC. The molecule has 9 heteroatoms. The first-order valence-corrected chi connectivity index (χ1v) is 29.2. The molecule has 0 spiro atoms. The Kier molecular flexibility index (Phi) is 46.9. The zero-order chi connectivity index (χ0) is 48.5. The summed E-state index contributed by atoms with van der Waals surface area (Å²) in [6, 6.07) is -0.862. The molecule has 0 aromatic rings. The number of allylic oxidation sites excluding steroid dienone is 9. The molecule has 0 saturated heterocycles. The summed E-state index contributed by atoms with van der Waals surface area (Å²) in [6.45, 7) is 4.76. The minimum Gasteiger partial charge on any atom is -0.387 e. The van der Waals surface area contributed by atoms with E-state index in [1.54, 1.807) is 6.08 Å². The summed E-state index contributed by atoms with van der Waals surface area (Å²) in [6.07, 6.45) is 64.8. The number of phosphoric acid groups is 1. The number of phosphoric ester groups is 1. The number of nitrogens with one attached hydrogen (secondary N) is 1. The fourth-order valence-corrected chi connectivity index (χ4v) is 8.57. The number of likely N-dealkylation sites (N-methyl/N-ethyl adjacent to an activating group) is 1. The van der Waals surface area contributed by atoms with Crippen LogP contribution in [-0.4, -0.2) is 73.4 Å². The van der Waals surface area contributed by atoms with E-state index in [9.17, 15) is 19.4 Å². The summed E-state index contributed by atoms with van der Waals surface area (Å²) in [5.74, 6) is -0.188. The highest BCUT2D eigenvalue weighted by Gasteiger charge is 2.27. The van der Waals surface area contributed by atoms with Crippen LogP contribution in [0, 0.1) is 0 Å². The van der Waals surface area contributed by atoms with Crippen molar-refractivity contribution in [2.75, 3.05) is 40.9 Å². The van der Waals surface area contributed by atoms with Gasteiger partial charge >= 0.3 is 7.82 Å². The number of aliphatic hydroxyl groups is 1. The van der Waals surface area contributed by atoms with E-state index >= 15 is 0 Å². The zero-order valence-corrected chi connectivity index (χ0v) is 44.8. The highest BCUT2D eigenvalue weighted by Crippen LogP contribution is 2.43. The third-order valence-electron chi connectivity index (χ3n) is 12.2. The first-order valence-electron chi connectivity index (χ1n) is 27.7. The van der Waals surface area contributed by atoms with E-state index < -0.39 is 20.0 Å². The molecule has 3 atom stereocenters. The standard InChI is InChI=1S/C57H107N2O6P/c1-6-8-10-12-14-16-18-19-20-21-22-23-24-25-26-27-28-29-30-31-32-33-34-35-36-37-38-39-41-43-45-47-49-51-57(61)58-55(54-65-66(62,63)64-53-52-59(3,4)5)56(60)50-48-46-44-42-40-17-15-13-11-9-7-2/h18-19,21-22,24-25,40,42,48,50,55-56,60H,6-17,20,23,26-39,41,43-47,49,51-54H2,1-5H3,(H-,58,61,62,63)/p+1/b19-18-,22-21-,25-24-,42-40+,50-48+. The van der Waals surface area contributed by atoms with Crippen molar-refractivity contribution >= 4 is 13.7 Å². The molecule has 0 saturated carbocycles. The van der Waals surface area contributed by atoms with Gasteiger partial charge in [0.25, 0.3) is 0 Å². The molecule has 0 radical (unpaired) electrons. The summed E-state index contributed by atoms with van der Waals surface area (Å²) in [7, 11) is 1.55. The average Bonchev–Trinajstić information content (AvgIpc) is 3.28. The predicted octanol–water partition coefficient (Wildman–Crippen LogP) is 16.5. The molecule has 1 amide bonds. The number of quaternary nitrogens is 1. The van der Waals surface area contributed by atoms with E-state index in [-0.39, 0.29) is 19.1 Å². The summed E-state index contributed by atoms with van der Waals surface area (Å²) >= 11 is 0. The van der Waals surface area contributed by atoms with Crippen LogP contribution in [0.2, 0.25) is 0 Å². The molecule has 0 aliphatic rings. The van der Waals surface area contributed by atoms with Crippen LogP contribution in [0.4, 0.5) is 0 Å². The highest BCUT2D eigenvalue weighted by atomic mass is 31.2. The van der Waals surface area contributed by atoms with Gasteiger partial charge in [0.15, 0.2) is 0 Å². The van der Waals surface area contributed by atoms with Crippen LogP contribution >= 0.6 is 7.82 Å². The molecule has 66 heavy (non-hydrogen) atoms. The smallest absolute Gasteiger partial charge is 0.387 e. The largest absolute Gasteiger partial charge is 0.472 e. The third-order valence-corrected chi connectivity index (χ3v) is 13.2. The Bertz CT molecular complexity index is 1260. The van der Waals surface area contributed by atoms with Gasteiger partial charge in [-0.2, -0.15) is 0 Å². The first-order chi connectivity index (χ1) is 32.0. The number of rotatable bonds is 50. The Morgan fingerprint density at radius 1 is 0.515 bits per heavy atom. The molecule has 0 aromatic carbocycles. The van der Waals surface area contributed by atoms with Crippen molar-refractivity contribution in [2.45, 2.75) is 257 Å². The summed E-state index contributed by atoms with van der Waals surface area (Å²) in [5, 5.41) is 13.8. The number of hydrogen-bond donors (Lipinski definition) is 3. The lowest BCUT2D eigenvalue weighted by Crippen LogP contribution is -2.45. The van der Waals surface area contributed by atoms with E-state index in [4.69, 9.17) is 9.05 Å². The molecule has 3 N–H and O–H groups in total. The molecule has 0 heterocycles. The van der Waals surface area contributed by atoms with Gasteiger partial charge in [-0.05, 0) is 70.6 Å². The molecule has 0 aliphatic carbocycles. The molecule has 0 rings (SSSR count). The van der Waals surface area contributed by atoms with Gasteiger partial charge in [-0.3, -0.25) is 13.8 Å². The van der Waals surface area contributed by atoms with Crippen LogP contribution in [0.1, 0.15) is 245 Å². The lowest BCUT2D eigenvalue weighted by atomic mass is 10.0. The zero-order valence-electron chi connectivity index (χ0n) is 43.9. The molecule has 0 fully saturated rings. The van der Waals surface area contributed by atoms with Crippen LogP contribution in [0.5, 0.6) is 0 Å². The Morgan fingerprint density at radius 2 is 0.879 bits per heavy atom. The molecule has 0 aromatic heterocycles. The van der Waals surface area contributed by atoms with Gasteiger partial charge in [-0.25, -0.2) is 4.57 Å². The van der Waals surface area contributed by atoms with Gasteiger partial charge in [0.1, 0.15) is 13.2 Å². The van der Waals surface area contributed by atoms with Crippen molar-refractivity contribution in [1.82, 2.24) is 5.32 Å². The van der Waals surface area contributed by atoms with Gasteiger partial charge in [-0.15, -0.1) is 0 Å². The fraction of sp³-hybridized carbons (Fsp3) is 0.807. The minimum absolute atomic E-state index is 0.0554. The third kappa shape index (κ3) is 50.1. The molecular weight excluding hydrogens is 840 g/mol. The van der Waals surface area contributed by atoms with E-state index in [1.165, 1.54) is 173 Å². The quantitative estimate of drug-likeness (QED) is 0.0243. The fourth-order valence-electron chi connectivity index (χ4n) is 7.83. The average molecular weight is 948 g/mol. The maximum Gasteiger partial charge on any atom is 0.472 e. The molecule has 386 valence electrons. The van der Waals surface area contributed by atoms with Gasteiger partial charge < -0.3 is 19.8 Å². The molecule has 8 nitrogen and oxygen atoms in total. The van der Waals surface area contributed by atoms with Crippen molar-refractivity contribution < 1.29 is 32.9 Å². The van der Waals surface area contributed by atoms with Gasteiger partial charge in [0.2, 0.25) is 5.91 Å². The first kappa shape index (κ1) is 64.2. The molecule has 0 aliphatic heterocycles. The number of aliphatic hydroxyl groups excluding tert-OH is 1. The Labute approximate surface area is 409 Å². The van der Waals surface area contributed by atoms with Crippen molar-refractivity contribution in [2.24, 2.45) is 0 Å². The van der Waals surface area contributed by atoms with Gasteiger partial charge in [0, 0.05) is 6.42 Å². The Hall–Kier alpha value is -1.80. The monoisotopic (exact) mass is 948 g/mol. The molecular formula is C57H108N2O6P+. The predicted molar refractivity (Wildman–Crippen MR) is 286 cm³/mol. The van der Waals surface area contributed by atoms with Crippen molar-refractivity contribution in [3.8, 4) is 0 Å². The van der Waals surface area contributed by atoms with Gasteiger partial charge in [0.05, 0.1) is 39.9 Å². The highest BCUT2D eigenvalue weighted by molar-refractivity contribution is 7.47. The van der Waals surface area contributed by atoms with E-state index in [2.05, 4.69) is 67.8 Å². The summed E-state index contributed by atoms with van der Waals surface area (Å²) < 4.78 is 23.6. The maximum absolute atomic E-state index is 12.9. The Morgan fingerprint density at radius 3 is 1.32 bits per heavy atom. The van der Waals surface area contributed by atoms with Crippen LogP contribution in [0.25, 0.3) is 0 Å². The molecule has 0 bridgehead atoms. The van der Waals surface area contributed by atoms with Crippen molar-refractivity contribution in [3.63, 3.8) is 0 Å². The summed E-state index contributed by atoms with van der Waals surface area (Å²) in [4.78, 5) is 23.2. The number of unbranched alkanes of at least 4 members (excludes halogenated alkanes) is 29. The second-order valence-electron chi connectivity index (χ2n) is 19.9. The normalized spacial score (nSPS) is 14.5. The number of hydrogen-bond acceptors (Lipinski definition) is 5. The number of amides is 1. The minimum atomic E-state index is -4.35. The van der Waals surface area contributed by atoms with Crippen LogP contribution < -0.4 is 5.32 Å². The number of carbonyl (C=O) groups is 1. The Balaban J connectivity index is 4.01. The topological polar surface area (TPSA) is 105 Å². The van der Waals surface area contributed by atoms with E-state index in [0.29, 0.717) is 17.4 Å². The second-order valence-corrected chi connectivity index (χ2v) is 21.4. The number of nitrogens with zero attached hydrogens (tertiary/aromatic N) is 1. The van der Waals surface area contributed by atoms with Crippen LogP contribution in [0.3, 0.4) is 0 Å². The van der Waals surface area contributed by atoms with Crippen molar-refractivity contribution in [1.29, 1.82) is 0 Å². The molecule has 3 unspecified atom stereocenters. The van der Waals surface area contributed by atoms with Crippen LogP contribution in [0.15, 0.2) is 60.8 Å². The van der Waals surface area contributed by atoms with E-state index in [0.717, 1.165) is 51.4 Å².